The van der Waals surface area contributed by atoms with Crippen LogP contribution in [-0.4, -0.2) is 5.11 Å². The largest absolute Gasteiger partial charge is 0.387 e. The van der Waals surface area contributed by atoms with Gasteiger partial charge in [0.25, 0.3) is 0 Å². The molecule has 1 aromatic rings. The first-order valence-corrected chi connectivity index (χ1v) is 5.80. The van der Waals surface area contributed by atoms with E-state index in [4.69, 9.17) is 11.6 Å². The van der Waals surface area contributed by atoms with Gasteiger partial charge >= 0.3 is 0 Å². The summed E-state index contributed by atoms with van der Waals surface area (Å²) in [5.41, 5.74) is 0.403. The SMILES string of the molecule is CC(C)(C)C#CCC(O)c1ccc(Cl)c(F)c1. The molecule has 0 fully saturated rings. The normalized spacial score (nSPS) is 12.8. The molecule has 0 amide bonds. The zero-order valence-electron chi connectivity index (χ0n) is 10.2. The summed E-state index contributed by atoms with van der Waals surface area (Å²) in [6, 6.07) is 4.28. The number of benzene rings is 1. The van der Waals surface area contributed by atoms with Crippen LogP contribution in [0, 0.1) is 23.1 Å². The average molecular weight is 255 g/mol. The summed E-state index contributed by atoms with van der Waals surface area (Å²) >= 11 is 5.56. The molecule has 1 N–H and O–H groups in total. The molecule has 0 aliphatic rings. The molecule has 1 nitrogen and oxygen atoms in total. The van der Waals surface area contributed by atoms with Gasteiger partial charge in [-0.1, -0.05) is 29.5 Å². The molecule has 0 saturated carbocycles. The Bertz CT molecular complexity index is 452. The number of aliphatic hydroxyl groups excluding tert-OH is 1. The van der Waals surface area contributed by atoms with Gasteiger partial charge in [-0.15, -0.1) is 0 Å². The number of hydrogen-bond acceptors (Lipinski definition) is 1. The summed E-state index contributed by atoms with van der Waals surface area (Å²) < 4.78 is 13.2. The number of aliphatic hydroxyl groups is 1. The van der Waals surface area contributed by atoms with Crippen molar-refractivity contribution >= 4 is 11.6 Å². The van der Waals surface area contributed by atoms with Crippen LogP contribution in [0.4, 0.5) is 4.39 Å². The maximum Gasteiger partial charge on any atom is 0.142 e. The van der Waals surface area contributed by atoms with Crippen LogP contribution in [0.3, 0.4) is 0 Å². The van der Waals surface area contributed by atoms with Crippen LogP contribution in [-0.2, 0) is 0 Å². The van der Waals surface area contributed by atoms with E-state index in [2.05, 4.69) is 11.8 Å². The highest BCUT2D eigenvalue weighted by Crippen LogP contribution is 2.22. The Kier molecular flexibility index (Phi) is 4.56. The van der Waals surface area contributed by atoms with Crippen LogP contribution in [0.2, 0.25) is 5.02 Å². The minimum Gasteiger partial charge on any atom is -0.387 e. The van der Waals surface area contributed by atoms with Crippen molar-refractivity contribution in [3.63, 3.8) is 0 Å². The first-order valence-electron chi connectivity index (χ1n) is 5.42. The zero-order valence-corrected chi connectivity index (χ0v) is 11.0. The predicted molar refractivity (Wildman–Crippen MR) is 68.2 cm³/mol. The van der Waals surface area contributed by atoms with Crippen molar-refractivity contribution in [3.05, 3.63) is 34.6 Å². The number of hydrogen-bond donors (Lipinski definition) is 1. The van der Waals surface area contributed by atoms with E-state index in [9.17, 15) is 9.50 Å². The van der Waals surface area contributed by atoms with Gasteiger partial charge in [-0.3, -0.25) is 0 Å². The standard InChI is InChI=1S/C14H16ClFO/c1-14(2,3)8-4-5-13(17)10-6-7-11(15)12(16)9-10/h6-7,9,13,17H,5H2,1-3H3. The Labute approximate surface area is 107 Å². The molecule has 0 bridgehead atoms. The van der Waals surface area contributed by atoms with Crippen LogP contribution < -0.4 is 0 Å². The van der Waals surface area contributed by atoms with Crippen LogP contribution >= 0.6 is 11.6 Å². The van der Waals surface area contributed by atoms with Crippen molar-refractivity contribution in [3.8, 4) is 11.8 Å². The van der Waals surface area contributed by atoms with Gasteiger partial charge in [-0.05, 0) is 38.5 Å². The summed E-state index contributed by atoms with van der Waals surface area (Å²) in [6.07, 6.45) is -0.491. The second kappa shape index (κ2) is 5.53. The maximum absolute atomic E-state index is 13.2. The van der Waals surface area contributed by atoms with Crippen LogP contribution in [0.1, 0.15) is 38.9 Å². The lowest BCUT2D eigenvalue weighted by atomic mass is 9.97. The van der Waals surface area contributed by atoms with Gasteiger partial charge in [0, 0.05) is 11.8 Å². The molecule has 1 unspecified atom stereocenters. The highest BCUT2D eigenvalue weighted by atomic mass is 35.5. The fourth-order valence-corrected chi connectivity index (χ4v) is 1.37. The molecule has 0 aliphatic heterocycles. The van der Waals surface area contributed by atoms with Gasteiger partial charge in [0.05, 0.1) is 11.1 Å². The molecule has 0 radical (unpaired) electrons. The van der Waals surface area contributed by atoms with Crippen LogP contribution in [0.5, 0.6) is 0 Å². The van der Waals surface area contributed by atoms with Gasteiger partial charge in [0.1, 0.15) is 5.82 Å². The third-order valence-corrected chi connectivity index (χ3v) is 2.39. The van der Waals surface area contributed by atoms with Crippen molar-refractivity contribution < 1.29 is 9.50 Å². The maximum atomic E-state index is 13.2. The Balaban J connectivity index is 2.73. The lowest BCUT2D eigenvalue weighted by Crippen LogP contribution is -2.01. The summed E-state index contributed by atoms with van der Waals surface area (Å²) in [6.45, 7) is 5.98. The molecule has 3 heteroatoms. The van der Waals surface area contributed by atoms with Gasteiger partial charge in [-0.25, -0.2) is 4.39 Å². The van der Waals surface area contributed by atoms with Crippen LogP contribution in [0.15, 0.2) is 18.2 Å². The van der Waals surface area contributed by atoms with E-state index in [1.165, 1.54) is 12.1 Å². The average Bonchev–Trinajstić information content (AvgIpc) is 2.20. The topological polar surface area (TPSA) is 20.2 Å². The zero-order chi connectivity index (χ0) is 13.1. The highest BCUT2D eigenvalue weighted by molar-refractivity contribution is 6.30. The molecule has 17 heavy (non-hydrogen) atoms. The second-order valence-electron chi connectivity index (χ2n) is 4.95. The summed E-state index contributed by atoms with van der Waals surface area (Å²) in [4.78, 5) is 0. The Hall–Kier alpha value is -1.04. The third-order valence-electron chi connectivity index (χ3n) is 2.09. The quantitative estimate of drug-likeness (QED) is 0.793. The van der Waals surface area contributed by atoms with E-state index in [1.54, 1.807) is 6.07 Å². The number of halogens is 2. The van der Waals surface area contributed by atoms with Crippen molar-refractivity contribution in [2.45, 2.75) is 33.3 Å². The van der Waals surface area contributed by atoms with Crippen molar-refractivity contribution in [2.24, 2.45) is 5.41 Å². The Morgan fingerprint density at radius 1 is 1.41 bits per heavy atom. The smallest absolute Gasteiger partial charge is 0.142 e. The van der Waals surface area contributed by atoms with E-state index in [-0.39, 0.29) is 10.4 Å². The minimum atomic E-state index is -0.781. The number of rotatable bonds is 2. The molecular weight excluding hydrogens is 239 g/mol. The van der Waals surface area contributed by atoms with E-state index < -0.39 is 11.9 Å². The van der Waals surface area contributed by atoms with E-state index in [0.717, 1.165) is 0 Å². The van der Waals surface area contributed by atoms with Crippen molar-refractivity contribution in [1.29, 1.82) is 0 Å². The lowest BCUT2D eigenvalue weighted by Gasteiger charge is -2.10. The minimum absolute atomic E-state index is 0.0572. The fraction of sp³-hybridized carbons (Fsp3) is 0.429. The van der Waals surface area contributed by atoms with E-state index >= 15 is 0 Å². The van der Waals surface area contributed by atoms with Gasteiger partial charge in [0.15, 0.2) is 0 Å². The molecule has 1 atom stereocenters. The molecule has 0 aliphatic carbocycles. The first kappa shape index (κ1) is 14.0. The van der Waals surface area contributed by atoms with Gasteiger partial charge < -0.3 is 5.11 Å². The summed E-state index contributed by atoms with van der Waals surface area (Å²) in [7, 11) is 0. The Morgan fingerprint density at radius 2 is 2.06 bits per heavy atom. The highest BCUT2D eigenvalue weighted by Gasteiger charge is 2.09. The molecule has 0 saturated heterocycles. The fourth-order valence-electron chi connectivity index (χ4n) is 1.25. The summed E-state index contributed by atoms with van der Waals surface area (Å²) in [5.74, 6) is 5.40. The molecule has 92 valence electrons. The van der Waals surface area contributed by atoms with Gasteiger partial charge in [0.2, 0.25) is 0 Å². The molecule has 0 aromatic heterocycles. The molecule has 0 heterocycles. The van der Waals surface area contributed by atoms with E-state index in [1.807, 2.05) is 20.8 Å². The third kappa shape index (κ3) is 4.77. The Morgan fingerprint density at radius 3 is 2.59 bits per heavy atom. The summed E-state index contributed by atoms with van der Waals surface area (Å²) in [5, 5.41) is 9.88. The monoisotopic (exact) mass is 254 g/mol. The lowest BCUT2D eigenvalue weighted by molar-refractivity contribution is 0.183. The van der Waals surface area contributed by atoms with E-state index in [0.29, 0.717) is 12.0 Å². The molecule has 1 aromatic carbocycles. The molecule has 1 rings (SSSR count). The molecular formula is C14H16ClFO. The van der Waals surface area contributed by atoms with Crippen molar-refractivity contribution in [1.82, 2.24) is 0 Å². The van der Waals surface area contributed by atoms with Crippen LogP contribution in [0.25, 0.3) is 0 Å². The second-order valence-corrected chi connectivity index (χ2v) is 5.35. The molecule has 0 spiro atoms. The predicted octanol–water partition coefficient (Wildman–Crippen LogP) is 3.95. The first-order chi connectivity index (χ1) is 7.79. The van der Waals surface area contributed by atoms with Crippen molar-refractivity contribution in [2.75, 3.05) is 0 Å². The van der Waals surface area contributed by atoms with Gasteiger partial charge in [-0.2, -0.15) is 0 Å².